The molecule has 1 atom stereocenters. The van der Waals surface area contributed by atoms with Gasteiger partial charge in [0.15, 0.2) is 0 Å². The van der Waals surface area contributed by atoms with Gasteiger partial charge in [-0.15, -0.1) is 0 Å². The minimum atomic E-state index is -0.208. The Kier molecular flexibility index (Phi) is 3.79. The smallest absolute Gasteiger partial charge is 0.339 e. The van der Waals surface area contributed by atoms with Crippen molar-refractivity contribution in [3.05, 3.63) is 74.4 Å². The first-order valence-electron chi connectivity index (χ1n) is 9.42. The molecule has 4 nitrogen and oxygen atoms in total. The van der Waals surface area contributed by atoms with E-state index in [1.165, 1.54) is 6.07 Å². The summed E-state index contributed by atoms with van der Waals surface area (Å²) in [6.07, 6.45) is 2.71. The molecule has 1 aliphatic carbocycles. The molecule has 1 aromatic heterocycles. The molecule has 5 heteroatoms. The molecule has 2 heterocycles. The zero-order valence-corrected chi connectivity index (χ0v) is 15.2. The van der Waals surface area contributed by atoms with Crippen LogP contribution in [-0.4, -0.2) is 6.73 Å². The maximum atomic E-state index is 14.0. The van der Waals surface area contributed by atoms with E-state index in [2.05, 4.69) is 6.07 Å². The van der Waals surface area contributed by atoms with Gasteiger partial charge in [0.1, 0.15) is 30.2 Å². The lowest BCUT2D eigenvalue weighted by atomic mass is 9.99. The number of aryl methyl sites for hydroxylation is 2. The standard InChI is InChI=1S/C22H20FNO3/c1-13-20-15(9-18-16-6-4-7-17(16)22(25)27-21(13)18)11-24(12-26-20)10-14-5-2-3-8-19(14)23/h2-3,5,8-9H,4,6-7,10-12H2,1H3/p+1. The van der Waals surface area contributed by atoms with E-state index in [0.29, 0.717) is 24.4 Å². The third-order valence-corrected chi connectivity index (χ3v) is 5.78. The van der Waals surface area contributed by atoms with Crippen molar-refractivity contribution in [3.63, 3.8) is 0 Å². The number of fused-ring (bicyclic) bond motifs is 4. The van der Waals surface area contributed by atoms with Gasteiger partial charge in [0.25, 0.3) is 0 Å². The van der Waals surface area contributed by atoms with Gasteiger partial charge in [-0.2, -0.15) is 0 Å². The third kappa shape index (κ3) is 2.65. The quantitative estimate of drug-likeness (QED) is 0.709. The SMILES string of the molecule is Cc1c2c(cc3c4c(c(=O)oc13)CCC4)C[NH+](Cc1ccccc1F)CO2. The van der Waals surface area contributed by atoms with Crippen LogP contribution in [-0.2, 0) is 25.9 Å². The largest absolute Gasteiger partial charge is 0.444 e. The monoisotopic (exact) mass is 366 g/mol. The van der Waals surface area contributed by atoms with Crippen LogP contribution in [0.5, 0.6) is 5.75 Å². The predicted octanol–water partition coefficient (Wildman–Crippen LogP) is 2.66. The van der Waals surface area contributed by atoms with Crippen LogP contribution in [0.15, 0.2) is 39.5 Å². The van der Waals surface area contributed by atoms with E-state index in [9.17, 15) is 9.18 Å². The number of ether oxygens (including phenoxy) is 1. The second kappa shape index (κ2) is 6.20. The molecule has 0 saturated heterocycles. The van der Waals surface area contributed by atoms with Gasteiger partial charge in [-0.25, -0.2) is 9.18 Å². The highest BCUT2D eigenvalue weighted by Gasteiger charge is 2.28. The minimum absolute atomic E-state index is 0.176. The molecule has 2 aliphatic rings. The lowest BCUT2D eigenvalue weighted by molar-refractivity contribution is -0.945. The normalized spacial score (nSPS) is 18.2. The van der Waals surface area contributed by atoms with Gasteiger partial charge in [-0.05, 0) is 43.9 Å². The van der Waals surface area contributed by atoms with E-state index in [1.54, 1.807) is 6.07 Å². The Hall–Kier alpha value is -2.66. The highest BCUT2D eigenvalue weighted by atomic mass is 19.1. The zero-order chi connectivity index (χ0) is 18.5. The summed E-state index contributed by atoms with van der Waals surface area (Å²) in [6.45, 7) is 3.75. The van der Waals surface area contributed by atoms with Crippen LogP contribution in [0, 0.1) is 12.7 Å². The van der Waals surface area contributed by atoms with Crippen LogP contribution in [0.25, 0.3) is 11.0 Å². The van der Waals surface area contributed by atoms with Crippen LogP contribution in [0.2, 0.25) is 0 Å². The van der Waals surface area contributed by atoms with Crippen molar-refractivity contribution in [2.24, 2.45) is 0 Å². The first kappa shape index (κ1) is 16.5. The number of nitrogens with one attached hydrogen (secondary N) is 1. The molecular weight excluding hydrogens is 345 g/mol. The van der Waals surface area contributed by atoms with E-state index in [-0.39, 0.29) is 11.4 Å². The van der Waals surface area contributed by atoms with Crippen molar-refractivity contribution in [2.45, 2.75) is 39.3 Å². The molecule has 1 unspecified atom stereocenters. The van der Waals surface area contributed by atoms with Crippen molar-refractivity contribution in [1.82, 2.24) is 0 Å². The van der Waals surface area contributed by atoms with Gasteiger partial charge in [-0.3, -0.25) is 4.90 Å². The molecule has 0 fully saturated rings. The van der Waals surface area contributed by atoms with Gasteiger partial charge in [-0.1, -0.05) is 18.2 Å². The summed E-state index contributed by atoms with van der Waals surface area (Å²) in [4.78, 5) is 13.4. The predicted molar refractivity (Wildman–Crippen MR) is 99.5 cm³/mol. The highest BCUT2D eigenvalue weighted by molar-refractivity contribution is 5.87. The van der Waals surface area contributed by atoms with Gasteiger partial charge >= 0.3 is 5.63 Å². The summed E-state index contributed by atoms with van der Waals surface area (Å²) < 4.78 is 25.7. The Morgan fingerprint density at radius 3 is 2.85 bits per heavy atom. The molecule has 138 valence electrons. The maximum absolute atomic E-state index is 14.0. The molecule has 1 aliphatic heterocycles. The average Bonchev–Trinajstić information content (AvgIpc) is 3.16. The number of hydrogen-bond acceptors (Lipinski definition) is 3. The fourth-order valence-corrected chi connectivity index (χ4v) is 4.48. The second-order valence-electron chi connectivity index (χ2n) is 7.55. The number of halogens is 1. The van der Waals surface area contributed by atoms with Crippen molar-refractivity contribution < 1.29 is 18.4 Å². The first-order valence-corrected chi connectivity index (χ1v) is 9.42. The van der Waals surface area contributed by atoms with Crippen molar-refractivity contribution in [2.75, 3.05) is 6.73 Å². The molecule has 0 amide bonds. The zero-order valence-electron chi connectivity index (χ0n) is 15.2. The average molecular weight is 366 g/mol. The Labute approximate surface area is 156 Å². The lowest BCUT2D eigenvalue weighted by Gasteiger charge is -2.28. The van der Waals surface area contributed by atoms with Crippen molar-refractivity contribution in [3.8, 4) is 5.75 Å². The van der Waals surface area contributed by atoms with Crippen LogP contribution in [0.3, 0.4) is 0 Å². The molecule has 27 heavy (non-hydrogen) atoms. The van der Waals surface area contributed by atoms with E-state index in [1.807, 2.05) is 19.1 Å². The summed E-state index contributed by atoms with van der Waals surface area (Å²) in [5.74, 6) is 0.631. The van der Waals surface area contributed by atoms with E-state index in [0.717, 1.165) is 64.1 Å². The fraction of sp³-hybridized carbons (Fsp3) is 0.318. The van der Waals surface area contributed by atoms with Gasteiger partial charge < -0.3 is 9.15 Å². The molecule has 0 radical (unpaired) electrons. The number of benzene rings is 2. The Morgan fingerprint density at radius 1 is 1.19 bits per heavy atom. The van der Waals surface area contributed by atoms with E-state index in [4.69, 9.17) is 9.15 Å². The van der Waals surface area contributed by atoms with Crippen LogP contribution >= 0.6 is 0 Å². The Balaban J connectivity index is 1.56. The molecule has 1 N–H and O–H groups in total. The minimum Gasteiger partial charge on any atom is -0.444 e. The van der Waals surface area contributed by atoms with Gasteiger partial charge in [0, 0.05) is 27.6 Å². The van der Waals surface area contributed by atoms with E-state index < -0.39 is 0 Å². The molecule has 0 bridgehead atoms. The summed E-state index contributed by atoms with van der Waals surface area (Å²) in [6, 6.07) is 9.01. The Bertz CT molecular complexity index is 1120. The number of quaternary nitrogens is 1. The Morgan fingerprint density at radius 2 is 2.00 bits per heavy atom. The number of hydrogen-bond donors (Lipinski definition) is 1. The number of rotatable bonds is 2. The third-order valence-electron chi connectivity index (χ3n) is 5.78. The van der Waals surface area contributed by atoms with Crippen molar-refractivity contribution in [1.29, 1.82) is 0 Å². The summed E-state index contributed by atoms with van der Waals surface area (Å²) in [5, 5.41) is 1.04. The van der Waals surface area contributed by atoms with E-state index >= 15 is 0 Å². The summed E-state index contributed by atoms with van der Waals surface area (Å²) >= 11 is 0. The van der Waals surface area contributed by atoms with Gasteiger partial charge in [0.05, 0.1) is 0 Å². The molecule has 3 aromatic rings. The molecule has 0 saturated carbocycles. The maximum Gasteiger partial charge on any atom is 0.339 e. The topological polar surface area (TPSA) is 43.9 Å². The van der Waals surface area contributed by atoms with Crippen molar-refractivity contribution >= 4 is 11.0 Å². The fourth-order valence-electron chi connectivity index (χ4n) is 4.48. The summed E-state index contributed by atoms with van der Waals surface area (Å²) in [7, 11) is 0. The van der Waals surface area contributed by atoms with Crippen LogP contribution < -0.4 is 15.3 Å². The summed E-state index contributed by atoms with van der Waals surface area (Å²) in [5.41, 5.74) is 5.09. The second-order valence-corrected chi connectivity index (χ2v) is 7.55. The molecular formula is C22H21FNO3+. The molecule has 5 rings (SSSR count). The van der Waals surface area contributed by atoms with Crippen LogP contribution in [0.1, 0.15) is 34.2 Å². The molecule has 2 aromatic carbocycles. The first-order chi connectivity index (χ1) is 13.1. The highest BCUT2D eigenvalue weighted by Crippen LogP contribution is 2.36. The van der Waals surface area contributed by atoms with Gasteiger partial charge in [0.2, 0.25) is 6.73 Å². The lowest BCUT2D eigenvalue weighted by Crippen LogP contribution is -3.11. The van der Waals surface area contributed by atoms with Crippen LogP contribution in [0.4, 0.5) is 4.39 Å². The molecule has 0 spiro atoms.